The van der Waals surface area contributed by atoms with Crippen molar-refractivity contribution in [2.75, 3.05) is 5.75 Å². The van der Waals surface area contributed by atoms with E-state index in [4.69, 9.17) is 0 Å². The number of halogens is 2. The molecule has 0 aliphatic heterocycles. The Bertz CT molecular complexity index is 286. The minimum atomic E-state index is -0.375. The Kier molecular flexibility index (Phi) is 3.72. The Morgan fingerprint density at radius 2 is 2.08 bits per heavy atom. The zero-order valence-corrected chi connectivity index (χ0v) is 8.50. The van der Waals surface area contributed by atoms with Gasteiger partial charge in [0.05, 0.1) is 0 Å². The smallest absolute Gasteiger partial charge is 0.127 e. The predicted octanol–water partition coefficient (Wildman–Crippen LogP) is 3.78. The molecule has 0 fully saturated rings. The van der Waals surface area contributed by atoms with Crippen LogP contribution in [0.15, 0.2) is 18.2 Å². The molecule has 0 aromatic heterocycles. The number of rotatable bonds is 3. The molecule has 1 atom stereocenters. The molecule has 0 bridgehead atoms. The molecule has 1 rings (SSSR count). The van der Waals surface area contributed by atoms with Crippen LogP contribution in [0.3, 0.4) is 0 Å². The molecule has 0 nitrogen and oxygen atoms in total. The van der Waals surface area contributed by atoms with Gasteiger partial charge in [-0.3, -0.25) is 0 Å². The fourth-order valence-electron chi connectivity index (χ4n) is 1.17. The van der Waals surface area contributed by atoms with Crippen LogP contribution in [-0.2, 0) is 0 Å². The summed E-state index contributed by atoms with van der Waals surface area (Å²) in [6, 6.07) is 3.59. The van der Waals surface area contributed by atoms with E-state index in [0.717, 1.165) is 11.8 Å². The summed E-state index contributed by atoms with van der Waals surface area (Å²) in [7, 11) is 0. The van der Waals surface area contributed by atoms with Gasteiger partial charge in [-0.1, -0.05) is 6.92 Å². The number of thioether (sulfide) groups is 1. The number of hydrogen-bond donors (Lipinski definition) is 0. The van der Waals surface area contributed by atoms with Gasteiger partial charge in [0.25, 0.3) is 0 Å². The first-order valence-electron chi connectivity index (χ1n) is 4.21. The van der Waals surface area contributed by atoms with Crippen LogP contribution in [0.2, 0.25) is 0 Å². The highest BCUT2D eigenvalue weighted by atomic mass is 32.2. The van der Waals surface area contributed by atoms with Gasteiger partial charge in [-0.15, -0.1) is 0 Å². The summed E-state index contributed by atoms with van der Waals surface area (Å²) in [5.41, 5.74) is 0.451. The van der Waals surface area contributed by atoms with Gasteiger partial charge < -0.3 is 0 Å². The molecule has 1 aromatic carbocycles. The van der Waals surface area contributed by atoms with Crippen molar-refractivity contribution in [3.05, 3.63) is 35.4 Å². The summed E-state index contributed by atoms with van der Waals surface area (Å²) in [4.78, 5) is 0. The van der Waals surface area contributed by atoms with Gasteiger partial charge in [0.15, 0.2) is 0 Å². The van der Waals surface area contributed by atoms with Gasteiger partial charge in [0.1, 0.15) is 11.6 Å². The van der Waals surface area contributed by atoms with Crippen LogP contribution in [-0.4, -0.2) is 5.75 Å². The molecule has 72 valence electrons. The maximum atomic E-state index is 13.2. The first-order valence-corrected chi connectivity index (χ1v) is 5.26. The van der Waals surface area contributed by atoms with Crippen molar-refractivity contribution in [3.63, 3.8) is 0 Å². The van der Waals surface area contributed by atoms with Crippen molar-refractivity contribution in [2.24, 2.45) is 0 Å². The van der Waals surface area contributed by atoms with Crippen molar-refractivity contribution in [3.8, 4) is 0 Å². The molecular formula is C10H12F2S. The maximum Gasteiger partial charge on any atom is 0.127 e. The molecule has 0 N–H and O–H groups in total. The van der Waals surface area contributed by atoms with E-state index >= 15 is 0 Å². The van der Waals surface area contributed by atoms with Gasteiger partial charge in [-0.2, -0.15) is 11.8 Å². The average Bonchev–Trinajstić information content (AvgIpc) is 2.09. The molecule has 1 aromatic rings. The van der Waals surface area contributed by atoms with Crippen molar-refractivity contribution in [1.29, 1.82) is 0 Å². The molecular weight excluding hydrogens is 190 g/mol. The summed E-state index contributed by atoms with van der Waals surface area (Å²) in [6.45, 7) is 3.88. The van der Waals surface area contributed by atoms with Crippen molar-refractivity contribution < 1.29 is 8.78 Å². The molecule has 0 radical (unpaired) electrons. The first-order chi connectivity index (χ1) is 6.15. The molecule has 0 saturated heterocycles. The summed E-state index contributed by atoms with van der Waals surface area (Å²) < 4.78 is 25.9. The van der Waals surface area contributed by atoms with Gasteiger partial charge in [0, 0.05) is 10.8 Å². The predicted molar refractivity (Wildman–Crippen MR) is 52.9 cm³/mol. The highest BCUT2D eigenvalue weighted by molar-refractivity contribution is 7.99. The van der Waals surface area contributed by atoms with Gasteiger partial charge >= 0.3 is 0 Å². The van der Waals surface area contributed by atoms with Gasteiger partial charge in [0.2, 0.25) is 0 Å². The molecule has 3 heteroatoms. The minimum absolute atomic E-state index is 0.0145. The van der Waals surface area contributed by atoms with E-state index in [1.807, 2.05) is 13.8 Å². The minimum Gasteiger partial charge on any atom is -0.207 e. The van der Waals surface area contributed by atoms with Crippen LogP contribution in [0.25, 0.3) is 0 Å². The molecule has 0 heterocycles. The van der Waals surface area contributed by atoms with E-state index in [9.17, 15) is 8.78 Å². The maximum absolute atomic E-state index is 13.2. The third-order valence-corrected chi connectivity index (χ3v) is 2.90. The van der Waals surface area contributed by atoms with Gasteiger partial charge in [-0.05, 0) is 30.9 Å². The summed E-state index contributed by atoms with van der Waals surface area (Å²) in [5, 5.41) is 0.0145. The van der Waals surface area contributed by atoms with Crippen LogP contribution in [0.1, 0.15) is 24.7 Å². The van der Waals surface area contributed by atoms with E-state index < -0.39 is 0 Å². The monoisotopic (exact) mass is 202 g/mol. The fourth-order valence-corrected chi connectivity index (χ4v) is 2.03. The van der Waals surface area contributed by atoms with E-state index in [1.165, 1.54) is 12.1 Å². The lowest BCUT2D eigenvalue weighted by Crippen LogP contribution is -1.94. The topological polar surface area (TPSA) is 0 Å². The Balaban J connectivity index is 2.91. The second-order valence-electron chi connectivity index (χ2n) is 2.76. The van der Waals surface area contributed by atoms with Crippen LogP contribution < -0.4 is 0 Å². The average molecular weight is 202 g/mol. The normalized spacial score (nSPS) is 12.9. The largest absolute Gasteiger partial charge is 0.207 e. The Hall–Kier alpha value is -0.570. The summed E-state index contributed by atoms with van der Waals surface area (Å²) in [5.74, 6) is 0.201. The number of hydrogen-bond acceptors (Lipinski definition) is 1. The van der Waals surface area contributed by atoms with Crippen molar-refractivity contribution in [2.45, 2.75) is 19.1 Å². The lowest BCUT2D eigenvalue weighted by molar-refractivity contribution is 0.586. The highest BCUT2D eigenvalue weighted by Crippen LogP contribution is 2.29. The second kappa shape index (κ2) is 4.61. The molecule has 0 spiro atoms. The zero-order valence-electron chi connectivity index (χ0n) is 7.68. The highest BCUT2D eigenvalue weighted by Gasteiger charge is 2.11. The van der Waals surface area contributed by atoms with Crippen molar-refractivity contribution >= 4 is 11.8 Å². The fraction of sp³-hybridized carbons (Fsp3) is 0.400. The molecule has 0 amide bonds. The van der Waals surface area contributed by atoms with Crippen molar-refractivity contribution in [1.82, 2.24) is 0 Å². The lowest BCUT2D eigenvalue weighted by atomic mass is 10.1. The Morgan fingerprint density at radius 3 is 2.69 bits per heavy atom. The third-order valence-electron chi connectivity index (χ3n) is 1.81. The SMILES string of the molecule is CCSC(C)c1cc(F)ccc1F. The van der Waals surface area contributed by atoms with Gasteiger partial charge in [-0.25, -0.2) is 8.78 Å². The molecule has 1 unspecified atom stereocenters. The second-order valence-corrected chi connectivity index (χ2v) is 4.38. The molecule has 0 aliphatic rings. The first kappa shape index (κ1) is 10.5. The van der Waals surface area contributed by atoms with E-state index in [0.29, 0.717) is 5.56 Å². The van der Waals surface area contributed by atoms with Crippen LogP contribution in [0, 0.1) is 11.6 Å². The third kappa shape index (κ3) is 2.69. The summed E-state index contributed by atoms with van der Waals surface area (Å²) >= 11 is 1.60. The lowest BCUT2D eigenvalue weighted by Gasteiger charge is -2.10. The molecule has 0 aliphatic carbocycles. The molecule has 0 saturated carbocycles. The standard InChI is InChI=1S/C10H12F2S/c1-3-13-7(2)9-6-8(11)4-5-10(9)12/h4-7H,3H2,1-2H3. The van der Waals surface area contributed by atoms with E-state index in [1.54, 1.807) is 11.8 Å². The molecule has 13 heavy (non-hydrogen) atoms. The Labute approximate surface area is 81.3 Å². The van der Waals surface area contributed by atoms with Crippen LogP contribution in [0.4, 0.5) is 8.78 Å². The van der Waals surface area contributed by atoms with E-state index in [2.05, 4.69) is 0 Å². The summed E-state index contributed by atoms with van der Waals surface area (Å²) in [6.07, 6.45) is 0. The van der Waals surface area contributed by atoms with Crippen LogP contribution in [0.5, 0.6) is 0 Å². The zero-order chi connectivity index (χ0) is 9.84. The Morgan fingerprint density at radius 1 is 1.38 bits per heavy atom. The number of benzene rings is 1. The quantitative estimate of drug-likeness (QED) is 0.718. The van der Waals surface area contributed by atoms with Crippen LogP contribution >= 0.6 is 11.8 Å². The van der Waals surface area contributed by atoms with E-state index in [-0.39, 0.29) is 16.9 Å².